The van der Waals surface area contributed by atoms with Crippen LogP contribution in [-0.4, -0.2) is 33.2 Å². The topological polar surface area (TPSA) is 76.3 Å². The lowest BCUT2D eigenvalue weighted by Crippen LogP contribution is -2.34. The molecule has 7 nitrogen and oxygen atoms in total. The van der Waals surface area contributed by atoms with Crippen molar-refractivity contribution in [3.05, 3.63) is 82.4 Å². The first-order valence-corrected chi connectivity index (χ1v) is 12.9. The average Bonchev–Trinajstić information content (AvgIpc) is 2.94. The third-order valence-corrected chi connectivity index (χ3v) is 7.25. The van der Waals surface area contributed by atoms with Gasteiger partial charge in [0, 0.05) is 47.5 Å². The van der Waals surface area contributed by atoms with Crippen molar-refractivity contribution < 1.29 is 27.5 Å². The molecule has 1 aromatic heterocycles. The summed E-state index contributed by atoms with van der Waals surface area (Å²) in [6.07, 6.45) is 3.84. The summed E-state index contributed by atoms with van der Waals surface area (Å²) in [6.45, 7) is 1.99. The van der Waals surface area contributed by atoms with Gasteiger partial charge in [0.1, 0.15) is 22.7 Å². The number of methoxy groups -OCH3 is 2. The minimum absolute atomic E-state index is 0.0601. The predicted molar refractivity (Wildman–Crippen MR) is 144 cm³/mol. The van der Waals surface area contributed by atoms with E-state index in [1.165, 1.54) is 31.5 Å². The van der Waals surface area contributed by atoms with Crippen molar-refractivity contribution in [2.45, 2.75) is 25.7 Å². The minimum atomic E-state index is -0.852. The Balaban J connectivity index is 1.53. The van der Waals surface area contributed by atoms with E-state index in [-0.39, 0.29) is 16.8 Å². The summed E-state index contributed by atoms with van der Waals surface area (Å²) < 4.78 is 45.1. The molecule has 6 rings (SSSR count). The van der Waals surface area contributed by atoms with Gasteiger partial charge in [0.15, 0.2) is 17.3 Å². The summed E-state index contributed by atoms with van der Waals surface area (Å²) in [5, 5.41) is 3.63. The van der Waals surface area contributed by atoms with Gasteiger partial charge >= 0.3 is 0 Å². The molecule has 3 aromatic carbocycles. The van der Waals surface area contributed by atoms with E-state index in [4.69, 9.17) is 13.9 Å². The summed E-state index contributed by atoms with van der Waals surface area (Å²) in [5.74, 6) is -1.10. The Labute approximate surface area is 223 Å². The number of hydrogen-bond donors (Lipinski definition) is 1. The van der Waals surface area contributed by atoms with E-state index < -0.39 is 17.5 Å². The lowest BCUT2D eigenvalue weighted by atomic mass is 9.90. The smallest absolute Gasteiger partial charge is 0.261 e. The number of carbonyl (C=O) groups is 1. The second kappa shape index (κ2) is 10.1. The molecule has 0 radical (unpaired) electrons. The highest BCUT2D eigenvalue weighted by Gasteiger charge is 2.27. The number of nitrogens with zero attached hydrogens (tertiary/aromatic N) is 2. The number of fused-ring (bicyclic) bond motifs is 2. The van der Waals surface area contributed by atoms with E-state index in [9.17, 15) is 13.6 Å². The van der Waals surface area contributed by atoms with Gasteiger partial charge in [-0.05, 0) is 67.6 Å². The summed E-state index contributed by atoms with van der Waals surface area (Å²) in [4.78, 5) is 20.3. The van der Waals surface area contributed by atoms with E-state index in [2.05, 4.69) is 21.3 Å². The van der Waals surface area contributed by atoms with E-state index >= 15 is 0 Å². The number of halogens is 2. The number of benzene rings is 3. The minimum Gasteiger partial charge on any atom is -0.493 e. The number of hydrogen-bond acceptors (Lipinski definition) is 6. The lowest BCUT2D eigenvalue weighted by Gasteiger charge is -2.37. The third-order valence-electron chi connectivity index (χ3n) is 7.25. The van der Waals surface area contributed by atoms with Crippen molar-refractivity contribution in [2.75, 3.05) is 37.5 Å². The van der Waals surface area contributed by atoms with Crippen molar-refractivity contribution >= 4 is 33.9 Å². The zero-order chi connectivity index (χ0) is 27.1. The fourth-order valence-electron chi connectivity index (χ4n) is 5.49. The Kier molecular flexibility index (Phi) is 6.42. The molecule has 0 saturated heterocycles. The zero-order valence-corrected chi connectivity index (χ0v) is 21.6. The molecule has 0 saturated carbocycles. The summed E-state index contributed by atoms with van der Waals surface area (Å²) >= 11 is 0. The van der Waals surface area contributed by atoms with Gasteiger partial charge in [-0.1, -0.05) is 0 Å². The third kappa shape index (κ3) is 4.58. The summed E-state index contributed by atoms with van der Waals surface area (Å²) in [7, 11) is 3.04. The van der Waals surface area contributed by atoms with Crippen LogP contribution >= 0.6 is 0 Å². The number of amides is 1. The Morgan fingerprint density at radius 3 is 2.54 bits per heavy atom. The number of nitrogens with one attached hydrogen (secondary N) is 1. The first-order valence-electron chi connectivity index (χ1n) is 12.9. The van der Waals surface area contributed by atoms with Crippen molar-refractivity contribution in [3.8, 4) is 11.5 Å². The maximum atomic E-state index is 14.6. The molecule has 2 aliphatic rings. The van der Waals surface area contributed by atoms with Crippen LogP contribution in [0.1, 0.15) is 34.3 Å². The molecule has 0 spiro atoms. The van der Waals surface area contributed by atoms with Gasteiger partial charge in [-0.2, -0.15) is 0 Å². The first kappa shape index (κ1) is 24.9. The maximum Gasteiger partial charge on any atom is 0.261 e. The van der Waals surface area contributed by atoms with Crippen LogP contribution in [0.2, 0.25) is 0 Å². The highest BCUT2D eigenvalue weighted by Crippen LogP contribution is 2.40. The molecule has 2 aliphatic heterocycles. The van der Waals surface area contributed by atoms with E-state index in [0.29, 0.717) is 22.8 Å². The largest absolute Gasteiger partial charge is 0.493 e. The Morgan fingerprint density at radius 1 is 0.974 bits per heavy atom. The van der Waals surface area contributed by atoms with E-state index in [0.717, 1.165) is 61.9 Å². The Morgan fingerprint density at radius 2 is 1.77 bits per heavy atom. The van der Waals surface area contributed by atoms with Crippen LogP contribution in [0, 0.1) is 11.6 Å². The maximum absolute atomic E-state index is 14.6. The quantitative estimate of drug-likeness (QED) is 0.347. The van der Waals surface area contributed by atoms with Crippen LogP contribution in [0.3, 0.4) is 0 Å². The molecule has 39 heavy (non-hydrogen) atoms. The lowest BCUT2D eigenvalue weighted by molar-refractivity contribution is 0.102. The van der Waals surface area contributed by atoms with Crippen LogP contribution in [0.15, 0.2) is 57.9 Å². The SMILES string of the molecule is COc1ccc(NC(=O)c2cc3cc4c5c(c3oc2=Nc2ccc(F)cc2F)CCCN5CCC4)cc1OC. The van der Waals surface area contributed by atoms with Gasteiger partial charge in [0.05, 0.1) is 14.2 Å². The second-order valence-electron chi connectivity index (χ2n) is 9.67. The van der Waals surface area contributed by atoms with E-state index in [1.54, 1.807) is 24.3 Å². The van der Waals surface area contributed by atoms with E-state index in [1.807, 2.05) is 0 Å². The first-order chi connectivity index (χ1) is 18.9. The predicted octanol–water partition coefficient (Wildman–Crippen LogP) is 5.91. The molecular weight excluding hydrogens is 504 g/mol. The van der Waals surface area contributed by atoms with Crippen LogP contribution in [0.25, 0.3) is 11.0 Å². The van der Waals surface area contributed by atoms with Crippen LogP contribution in [0.5, 0.6) is 11.5 Å². The normalized spacial score (nSPS) is 14.8. The number of ether oxygens (including phenoxy) is 2. The van der Waals surface area contributed by atoms with Crippen molar-refractivity contribution in [1.82, 2.24) is 0 Å². The monoisotopic (exact) mass is 531 g/mol. The van der Waals surface area contributed by atoms with Crippen LogP contribution in [-0.2, 0) is 12.8 Å². The highest BCUT2D eigenvalue weighted by molar-refractivity contribution is 6.06. The van der Waals surface area contributed by atoms with Crippen LogP contribution in [0.4, 0.5) is 25.8 Å². The summed E-state index contributed by atoms with van der Waals surface area (Å²) in [5.41, 5.74) is 4.54. The molecule has 0 bridgehead atoms. The van der Waals surface area contributed by atoms with Gasteiger partial charge in [0.25, 0.3) is 5.91 Å². The zero-order valence-electron chi connectivity index (χ0n) is 21.6. The van der Waals surface area contributed by atoms with Crippen molar-refractivity contribution in [1.29, 1.82) is 0 Å². The van der Waals surface area contributed by atoms with Gasteiger partial charge in [-0.25, -0.2) is 13.8 Å². The van der Waals surface area contributed by atoms with Crippen LogP contribution < -0.4 is 25.2 Å². The van der Waals surface area contributed by atoms with Gasteiger partial charge in [-0.3, -0.25) is 4.79 Å². The Bertz CT molecular complexity index is 1680. The Hall–Kier alpha value is -4.40. The number of aryl methyl sites for hydroxylation is 2. The van der Waals surface area contributed by atoms with Gasteiger partial charge < -0.3 is 24.1 Å². The fraction of sp³-hybridized carbons (Fsp3) is 0.267. The molecule has 0 atom stereocenters. The second-order valence-corrected chi connectivity index (χ2v) is 9.67. The molecule has 9 heteroatoms. The molecule has 0 aliphatic carbocycles. The number of carbonyl (C=O) groups excluding carboxylic acids is 1. The number of rotatable bonds is 5. The van der Waals surface area contributed by atoms with Gasteiger partial charge in [-0.15, -0.1) is 0 Å². The molecule has 0 unspecified atom stereocenters. The van der Waals surface area contributed by atoms with Crippen molar-refractivity contribution in [3.63, 3.8) is 0 Å². The van der Waals surface area contributed by atoms with Crippen molar-refractivity contribution in [2.24, 2.45) is 4.99 Å². The fourth-order valence-corrected chi connectivity index (χ4v) is 5.49. The molecule has 1 amide bonds. The standard InChI is InChI=1S/C30H27F2N3O4/c1-37-25-10-8-20(16-26(25)38-2)33-29(36)22-14-18-13-17-5-3-11-35-12-4-6-21(27(17)35)28(18)39-30(22)34-24-9-7-19(31)15-23(24)32/h7-10,13-16H,3-6,11-12H2,1-2H3,(H,33,36). The molecular formula is C30H27F2N3O4. The molecule has 1 N–H and O–H groups in total. The molecule has 4 aromatic rings. The average molecular weight is 532 g/mol. The molecule has 3 heterocycles. The number of anilines is 2. The van der Waals surface area contributed by atoms with Gasteiger partial charge in [0.2, 0.25) is 5.55 Å². The molecule has 200 valence electrons. The molecule has 0 fully saturated rings. The highest BCUT2D eigenvalue weighted by atomic mass is 19.1. The summed E-state index contributed by atoms with van der Waals surface area (Å²) in [6, 6.07) is 11.9.